The lowest BCUT2D eigenvalue weighted by molar-refractivity contribution is -0.139. The van der Waals surface area contributed by atoms with E-state index in [1.807, 2.05) is 0 Å². The van der Waals surface area contributed by atoms with Crippen molar-refractivity contribution in [3.63, 3.8) is 0 Å². The molecule has 2 N–H and O–H groups in total. The Labute approximate surface area is 66.5 Å². The molecule has 60 valence electrons. The summed E-state index contributed by atoms with van der Waals surface area (Å²) in [5.74, 6) is -0.836. The fourth-order valence-corrected chi connectivity index (χ4v) is 0.509. The van der Waals surface area contributed by atoms with Crippen molar-refractivity contribution >= 4 is 18.4 Å². The van der Waals surface area contributed by atoms with Crippen molar-refractivity contribution in [1.82, 2.24) is 5.32 Å². The van der Waals surface area contributed by atoms with Gasteiger partial charge >= 0.3 is 5.97 Å². The highest BCUT2D eigenvalue weighted by Gasteiger charge is 2.10. The van der Waals surface area contributed by atoms with Crippen LogP contribution in [0.1, 0.15) is 6.42 Å². The van der Waals surface area contributed by atoms with E-state index in [0.717, 1.165) is 0 Å². The van der Waals surface area contributed by atoms with E-state index in [1.165, 1.54) is 0 Å². The molecule has 0 aromatic heterocycles. The third-order valence-electron chi connectivity index (χ3n) is 1.05. The third-order valence-corrected chi connectivity index (χ3v) is 1.05. The van der Waals surface area contributed by atoms with Gasteiger partial charge in [0.05, 0.1) is 0 Å². The maximum Gasteiger partial charge on any atom is 0.321 e. The summed E-state index contributed by atoms with van der Waals surface area (Å²) in [5, 5.41) is 11.0. The van der Waals surface area contributed by atoms with E-state index in [9.17, 15) is 4.79 Å². The molecule has 1 atom stereocenters. The smallest absolute Gasteiger partial charge is 0.321 e. The Hall–Kier alpha value is -0.540. The van der Waals surface area contributed by atoms with Crippen molar-refractivity contribution in [2.24, 2.45) is 0 Å². The lowest BCUT2D eigenvalue weighted by Gasteiger charge is -2.05. The number of carboxylic acids is 1. The minimum Gasteiger partial charge on any atom is -0.480 e. The lowest BCUT2D eigenvalue weighted by atomic mass is 10.2. The van der Waals surface area contributed by atoms with E-state index in [4.69, 9.17) is 5.11 Å². The van der Waals surface area contributed by atoms with Gasteiger partial charge in [-0.25, -0.2) is 0 Å². The van der Waals surface area contributed by atoms with Crippen LogP contribution in [0, 0.1) is 0 Å². The maximum absolute atomic E-state index is 10.2. The number of rotatable bonds is 4. The van der Waals surface area contributed by atoms with Crippen LogP contribution in [0.3, 0.4) is 0 Å². The number of carbonyl (C=O) groups is 1. The molecular formula is C6H12ClNO2. The molecule has 0 aliphatic heterocycles. The predicted octanol–water partition coefficient (Wildman–Crippen LogP) is 0.657. The summed E-state index contributed by atoms with van der Waals surface area (Å²) in [5.41, 5.74) is 0. The van der Waals surface area contributed by atoms with Crippen LogP contribution < -0.4 is 5.32 Å². The fraction of sp³-hybridized carbons (Fsp3) is 0.500. The molecule has 0 fully saturated rings. The predicted molar refractivity (Wildman–Crippen MR) is 42.5 cm³/mol. The molecule has 0 saturated carbocycles. The summed E-state index contributed by atoms with van der Waals surface area (Å²) in [6.45, 7) is 3.43. The zero-order valence-electron chi connectivity index (χ0n) is 5.83. The van der Waals surface area contributed by atoms with Gasteiger partial charge in [0.25, 0.3) is 0 Å². The average molecular weight is 166 g/mol. The summed E-state index contributed by atoms with van der Waals surface area (Å²) in [7, 11) is 1.61. The molecule has 0 aliphatic rings. The van der Waals surface area contributed by atoms with Crippen LogP contribution in [0.2, 0.25) is 0 Å². The van der Waals surface area contributed by atoms with Gasteiger partial charge in [0.15, 0.2) is 0 Å². The number of nitrogens with one attached hydrogen (secondary N) is 1. The summed E-state index contributed by atoms with van der Waals surface area (Å²) < 4.78 is 0. The molecule has 0 bridgehead atoms. The molecule has 10 heavy (non-hydrogen) atoms. The number of aliphatic carboxylic acids is 1. The quantitative estimate of drug-likeness (QED) is 0.602. The van der Waals surface area contributed by atoms with Crippen molar-refractivity contribution in [2.45, 2.75) is 12.5 Å². The summed E-state index contributed by atoms with van der Waals surface area (Å²) in [6.07, 6.45) is 2.04. The Balaban J connectivity index is 0. The largest absolute Gasteiger partial charge is 0.480 e. The van der Waals surface area contributed by atoms with E-state index < -0.39 is 12.0 Å². The topological polar surface area (TPSA) is 49.3 Å². The fourth-order valence-electron chi connectivity index (χ4n) is 0.509. The molecule has 0 rings (SSSR count). The molecule has 4 heteroatoms. The van der Waals surface area contributed by atoms with Crippen LogP contribution in [0.5, 0.6) is 0 Å². The highest BCUT2D eigenvalue weighted by molar-refractivity contribution is 5.85. The van der Waals surface area contributed by atoms with Crippen LogP contribution in [-0.4, -0.2) is 24.2 Å². The number of hydrogen-bond donors (Lipinski definition) is 2. The lowest BCUT2D eigenvalue weighted by Crippen LogP contribution is -2.32. The van der Waals surface area contributed by atoms with E-state index in [-0.39, 0.29) is 12.4 Å². The first-order valence-corrected chi connectivity index (χ1v) is 2.73. The number of hydrogen-bond acceptors (Lipinski definition) is 2. The molecular weight excluding hydrogens is 154 g/mol. The van der Waals surface area contributed by atoms with Gasteiger partial charge in [-0.05, 0) is 13.5 Å². The van der Waals surface area contributed by atoms with Gasteiger partial charge in [0.2, 0.25) is 0 Å². The third kappa shape index (κ3) is 4.35. The van der Waals surface area contributed by atoms with E-state index in [1.54, 1.807) is 13.1 Å². The van der Waals surface area contributed by atoms with E-state index in [0.29, 0.717) is 6.42 Å². The molecule has 0 radical (unpaired) electrons. The standard InChI is InChI=1S/C6H11NO2.ClH/c1-3-4-5(7-2)6(8)9;/h3,5,7H,1,4H2,2H3,(H,8,9);1H/t5-;/m1./s1. The maximum atomic E-state index is 10.2. The van der Waals surface area contributed by atoms with Crippen LogP contribution in [0.25, 0.3) is 0 Å². The molecule has 0 heterocycles. The van der Waals surface area contributed by atoms with Gasteiger partial charge in [-0.3, -0.25) is 4.79 Å². The summed E-state index contributed by atoms with van der Waals surface area (Å²) in [6, 6.07) is -0.484. The Morgan fingerprint density at radius 1 is 1.90 bits per heavy atom. The Bertz CT molecular complexity index is 116. The van der Waals surface area contributed by atoms with Gasteiger partial charge in [-0.2, -0.15) is 0 Å². The normalized spacial score (nSPS) is 11.3. The molecule has 0 saturated heterocycles. The zero-order chi connectivity index (χ0) is 7.28. The van der Waals surface area contributed by atoms with Gasteiger partial charge in [0.1, 0.15) is 6.04 Å². The van der Waals surface area contributed by atoms with E-state index >= 15 is 0 Å². The minimum absolute atomic E-state index is 0. The van der Waals surface area contributed by atoms with Crippen molar-refractivity contribution in [1.29, 1.82) is 0 Å². The molecule has 3 nitrogen and oxygen atoms in total. The van der Waals surface area contributed by atoms with E-state index in [2.05, 4.69) is 11.9 Å². The number of carboxylic acid groups (broad SMARTS) is 1. The first-order valence-electron chi connectivity index (χ1n) is 2.73. The Morgan fingerprint density at radius 3 is 2.50 bits per heavy atom. The van der Waals surface area contributed by atoms with Crippen LogP contribution >= 0.6 is 12.4 Å². The van der Waals surface area contributed by atoms with Gasteiger partial charge in [-0.1, -0.05) is 6.08 Å². The second kappa shape index (κ2) is 6.58. The first-order chi connectivity index (χ1) is 4.22. The summed E-state index contributed by atoms with van der Waals surface area (Å²) in [4.78, 5) is 10.2. The molecule has 0 aromatic rings. The Kier molecular flexibility index (Phi) is 8.00. The molecule has 0 amide bonds. The van der Waals surface area contributed by atoms with Gasteiger partial charge < -0.3 is 10.4 Å². The van der Waals surface area contributed by atoms with Crippen LogP contribution in [-0.2, 0) is 4.79 Å². The molecule has 0 spiro atoms. The van der Waals surface area contributed by atoms with Crippen LogP contribution in [0.4, 0.5) is 0 Å². The van der Waals surface area contributed by atoms with Crippen molar-refractivity contribution in [2.75, 3.05) is 7.05 Å². The van der Waals surface area contributed by atoms with Crippen molar-refractivity contribution < 1.29 is 9.90 Å². The molecule has 0 unspecified atom stereocenters. The Morgan fingerprint density at radius 2 is 2.40 bits per heavy atom. The average Bonchev–Trinajstić information content (AvgIpc) is 1.82. The van der Waals surface area contributed by atoms with Crippen molar-refractivity contribution in [3.05, 3.63) is 12.7 Å². The highest BCUT2D eigenvalue weighted by atomic mass is 35.5. The minimum atomic E-state index is -0.836. The number of halogens is 1. The highest BCUT2D eigenvalue weighted by Crippen LogP contribution is 1.90. The van der Waals surface area contributed by atoms with Crippen molar-refractivity contribution in [3.8, 4) is 0 Å². The second-order valence-electron chi connectivity index (χ2n) is 1.70. The SMILES string of the molecule is C=CC[C@@H](NC)C(=O)O.Cl. The summed E-state index contributed by atoms with van der Waals surface area (Å²) >= 11 is 0. The first kappa shape index (κ1) is 12.2. The molecule has 0 aromatic carbocycles. The van der Waals surface area contributed by atoms with Gasteiger partial charge in [0, 0.05) is 0 Å². The molecule has 0 aliphatic carbocycles. The van der Waals surface area contributed by atoms with Crippen LogP contribution in [0.15, 0.2) is 12.7 Å². The zero-order valence-corrected chi connectivity index (χ0v) is 6.65. The van der Waals surface area contributed by atoms with Gasteiger partial charge in [-0.15, -0.1) is 19.0 Å². The number of likely N-dealkylation sites (N-methyl/N-ethyl adjacent to an activating group) is 1. The monoisotopic (exact) mass is 165 g/mol. The second-order valence-corrected chi connectivity index (χ2v) is 1.70.